The maximum atomic E-state index is 5.81. The average molecular weight is 354 g/mol. The third-order valence-electron chi connectivity index (χ3n) is 4.26. The maximum Gasteiger partial charge on any atom is 0.257 e. The van der Waals surface area contributed by atoms with E-state index < -0.39 is 0 Å². The first-order valence-corrected chi connectivity index (χ1v) is 8.77. The van der Waals surface area contributed by atoms with Crippen LogP contribution in [0.4, 0.5) is 11.6 Å². The minimum atomic E-state index is 0.0622. The lowest BCUT2D eigenvalue weighted by Gasteiger charge is -2.36. The zero-order valence-electron chi connectivity index (χ0n) is 15.2. The fourth-order valence-corrected chi connectivity index (χ4v) is 3.13. The van der Waals surface area contributed by atoms with Crippen LogP contribution in [-0.2, 0) is 0 Å². The Kier molecular flexibility index (Phi) is 4.27. The Labute approximate surface area is 151 Å². The third-order valence-corrected chi connectivity index (χ3v) is 4.26. The second-order valence-corrected chi connectivity index (χ2v) is 6.55. The van der Waals surface area contributed by atoms with E-state index in [-0.39, 0.29) is 6.10 Å². The summed E-state index contributed by atoms with van der Waals surface area (Å²) in [6.45, 7) is 9.29. The van der Waals surface area contributed by atoms with Crippen molar-refractivity contribution in [3.05, 3.63) is 30.5 Å². The number of piperazine rings is 1. The van der Waals surface area contributed by atoms with Crippen LogP contribution < -0.4 is 14.5 Å². The molecular formula is C17H22N8O. The Morgan fingerprint density at radius 3 is 2.50 bits per heavy atom. The number of fused-ring (bicyclic) bond motifs is 1. The summed E-state index contributed by atoms with van der Waals surface area (Å²) in [6, 6.07) is 2.05. The van der Waals surface area contributed by atoms with Crippen LogP contribution in [0.25, 0.3) is 5.78 Å². The number of anilines is 2. The van der Waals surface area contributed by atoms with Gasteiger partial charge in [-0.3, -0.25) is 0 Å². The van der Waals surface area contributed by atoms with Crippen LogP contribution in [-0.4, -0.2) is 61.8 Å². The van der Waals surface area contributed by atoms with Gasteiger partial charge >= 0.3 is 0 Å². The van der Waals surface area contributed by atoms with E-state index in [4.69, 9.17) is 4.74 Å². The molecule has 9 nitrogen and oxygen atoms in total. The van der Waals surface area contributed by atoms with E-state index >= 15 is 0 Å². The molecule has 0 saturated carbocycles. The van der Waals surface area contributed by atoms with Crippen LogP contribution in [0.3, 0.4) is 0 Å². The molecule has 3 aromatic rings. The van der Waals surface area contributed by atoms with Gasteiger partial charge in [-0.15, -0.1) is 0 Å². The van der Waals surface area contributed by atoms with E-state index in [9.17, 15) is 0 Å². The van der Waals surface area contributed by atoms with Gasteiger partial charge in [0, 0.05) is 50.3 Å². The van der Waals surface area contributed by atoms with E-state index in [1.165, 1.54) is 6.33 Å². The van der Waals surface area contributed by atoms with Gasteiger partial charge < -0.3 is 14.5 Å². The summed E-state index contributed by atoms with van der Waals surface area (Å²) in [5.74, 6) is 3.04. The highest BCUT2D eigenvalue weighted by Crippen LogP contribution is 2.26. The lowest BCUT2D eigenvalue weighted by Crippen LogP contribution is -2.47. The lowest BCUT2D eigenvalue weighted by molar-refractivity contribution is 0.232. The number of nitrogens with zero attached hydrogens (tertiary/aromatic N) is 8. The molecule has 4 rings (SSSR count). The van der Waals surface area contributed by atoms with E-state index in [1.807, 2.05) is 26.8 Å². The van der Waals surface area contributed by atoms with Crippen molar-refractivity contribution in [1.29, 1.82) is 0 Å². The van der Waals surface area contributed by atoms with Crippen LogP contribution in [0.5, 0.6) is 5.88 Å². The molecule has 9 heteroatoms. The predicted octanol–water partition coefficient (Wildman–Crippen LogP) is 1.34. The molecule has 0 aromatic carbocycles. The smallest absolute Gasteiger partial charge is 0.257 e. The normalized spacial score (nSPS) is 15.1. The summed E-state index contributed by atoms with van der Waals surface area (Å²) < 4.78 is 7.60. The molecule has 26 heavy (non-hydrogen) atoms. The number of ether oxygens (including phenoxy) is 1. The van der Waals surface area contributed by atoms with Gasteiger partial charge in [0.15, 0.2) is 5.82 Å². The number of aryl methyl sites for hydroxylation is 1. The fraction of sp³-hybridized carbons (Fsp3) is 0.471. The highest BCUT2D eigenvalue weighted by Gasteiger charge is 2.24. The molecule has 1 saturated heterocycles. The first-order valence-electron chi connectivity index (χ1n) is 8.77. The Morgan fingerprint density at radius 1 is 1.00 bits per heavy atom. The van der Waals surface area contributed by atoms with Crippen molar-refractivity contribution in [2.45, 2.75) is 26.9 Å². The summed E-state index contributed by atoms with van der Waals surface area (Å²) in [4.78, 5) is 22.0. The Balaban J connectivity index is 1.54. The zero-order chi connectivity index (χ0) is 18.1. The maximum absolute atomic E-state index is 5.81. The standard InChI is InChI=1S/C17H22N8O/c1-12(2)26-16-15(18-4-5-19-16)24-8-6-23(7-9-24)14-10-13(3)22-17-20-11-21-25(14)17/h4-5,10-12H,6-9H2,1-3H3. The molecule has 0 bridgehead atoms. The summed E-state index contributed by atoms with van der Waals surface area (Å²) in [7, 11) is 0. The van der Waals surface area contributed by atoms with Gasteiger partial charge in [0.25, 0.3) is 11.7 Å². The monoisotopic (exact) mass is 354 g/mol. The summed E-state index contributed by atoms with van der Waals surface area (Å²) in [5, 5.41) is 4.30. The molecule has 0 spiro atoms. The second kappa shape index (κ2) is 6.74. The number of hydrogen-bond acceptors (Lipinski definition) is 8. The number of rotatable bonds is 4. The van der Waals surface area contributed by atoms with Gasteiger partial charge in [-0.05, 0) is 20.8 Å². The molecule has 4 heterocycles. The first-order chi connectivity index (χ1) is 12.6. The molecule has 0 unspecified atom stereocenters. The molecule has 0 N–H and O–H groups in total. The topological polar surface area (TPSA) is 84.6 Å². The quantitative estimate of drug-likeness (QED) is 0.694. The Morgan fingerprint density at radius 2 is 1.73 bits per heavy atom. The van der Waals surface area contributed by atoms with Crippen LogP contribution in [0.15, 0.2) is 24.8 Å². The molecule has 1 aliphatic heterocycles. The molecule has 0 atom stereocenters. The van der Waals surface area contributed by atoms with Gasteiger partial charge in [-0.2, -0.15) is 14.6 Å². The minimum Gasteiger partial charge on any atom is -0.472 e. The molecule has 3 aromatic heterocycles. The lowest BCUT2D eigenvalue weighted by atomic mass is 10.3. The van der Waals surface area contributed by atoms with E-state index in [1.54, 1.807) is 16.9 Å². The van der Waals surface area contributed by atoms with Crippen LogP contribution in [0, 0.1) is 6.92 Å². The van der Waals surface area contributed by atoms with Crippen molar-refractivity contribution in [2.75, 3.05) is 36.0 Å². The predicted molar refractivity (Wildman–Crippen MR) is 97.7 cm³/mol. The SMILES string of the molecule is Cc1cc(N2CCN(c3nccnc3OC(C)C)CC2)n2ncnc2n1. The summed E-state index contributed by atoms with van der Waals surface area (Å²) in [5.41, 5.74) is 0.935. The Bertz CT molecular complexity index is 901. The highest BCUT2D eigenvalue weighted by molar-refractivity contribution is 5.52. The average Bonchev–Trinajstić information content (AvgIpc) is 3.09. The van der Waals surface area contributed by atoms with E-state index in [0.29, 0.717) is 11.7 Å². The number of aromatic nitrogens is 6. The second-order valence-electron chi connectivity index (χ2n) is 6.55. The zero-order valence-corrected chi connectivity index (χ0v) is 15.2. The van der Waals surface area contributed by atoms with Crippen molar-refractivity contribution in [2.24, 2.45) is 0 Å². The van der Waals surface area contributed by atoms with E-state index in [2.05, 4.69) is 34.8 Å². The minimum absolute atomic E-state index is 0.0622. The van der Waals surface area contributed by atoms with Gasteiger partial charge in [0.2, 0.25) is 0 Å². The van der Waals surface area contributed by atoms with Gasteiger partial charge in [-0.1, -0.05) is 0 Å². The van der Waals surface area contributed by atoms with Crippen molar-refractivity contribution < 1.29 is 4.74 Å². The molecule has 0 radical (unpaired) electrons. The molecular weight excluding hydrogens is 332 g/mol. The van der Waals surface area contributed by atoms with Gasteiger partial charge in [0.1, 0.15) is 12.1 Å². The highest BCUT2D eigenvalue weighted by atomic mass is 16.5. The molecule has 136 valence electrons. The van der Waals surface area contributed by atoms with Crippen LogP contribution in [0.1, 0.15) is 19.5 Å². The van der Waals surface area contributed by atoms with Gasteiger partial charge in [0.05, 0.1) is 6.10 Å². The van der Waals surface area contributed by atoms with Gasteiger partial charge in [-0.25, -0.2) is 15.0 Å². The number of hydrogen-bond donors (Lipinski definition) is 0. The van der Waals surface area contributed by atoms with Crippen LogP contribution in [0.2, 0.25) is 0 Å². The molecule has 0 amide bonds. The molecule has 1 aliphatic rings. The van der Waals surface area contributed by atoms with Crippen LogP contribution >= 0.6 is 0 Å². The van der Waals surface area contributed by atoms with Crippen molar-refractivity contribution >= 4 is 17.4 Å². The van der Waals surface area contributed by atoms with Crippen molar-refractivity contribution in [3.63, 3.8) is 0 Å². The Hall–Kier alpha value is -2.97. The summed E-state index contributed by atoms with van der Waals surface area (Å²) >= 11 is 0. The molecule has 1 fully saturated rings. The third kappa shape index (κ3) is 3.12. The summed E-state index contributed by atoms with van der Waals surface area (Å²) in [6.07, 6.45) is 4.97. The van der Waals surface area contributed by atoms with Crippen molar-refractivity contribution in [3.8, 4) is 5.88 Å². The first kappa shape index (κ1) is 16.5. The van der Waals surface area contributed by atoms with E-state index in [0.717, 1.165) is 43.5 Å². The molecule has 0 aliphatic carbocycles. The largest absolute Gasteiger partial charge is 0.472 e. The van der Waals surface area contributed by atoms with Crippen molar-refractivity contribution in [1.82, 2.24) is 29.5 Å². The fourth-order valence-electron chi connectivity index (χ4n) is 3.13.